The summed E-state index contributed by atoms with van der Waals surface area (Å²) in [5.41, 5.74) is 0.793. The predicted molar refractivity (Wildman–Crippen MR) is 92.0 cm³/mol. The molecule has 1 heterocycles. The molecule has 1 amide bonds. The van der Waals surface area contributed by atoms with E-state index < -0.39 is 0 Å². The maximum Gasteiger partial charge on any atom is 0.236 e. The Bertz CT molecular complexity index is 553. The van der Waals surface area contributed by atoms with Crippen molar-refractivity contribution in [3.8, 4) is 0 Å². The Morgan fingerprint density at radius 3 is 2.83 bits per heavy atom. The van der Waals surface area contributed by atoms with Gasteiger partial charge in [0, 0.05) is 45.8 Å². The highest BCUT2D eigenvalue weighted by Crippen LogP contribution is 2.11. The van der Waals surface area contributed by atoms with Crippen LogP contribution in [0.2, 0.25) is 0 Å². The number of rotatable bonds is 6. The van der Waals surface area contributed by atoms with Gasteiger partial charge in [-0.1, -0.05) is 12.1 Å². The van der Waals surface area contributed by atoms with Crippen molar-refractivity contribution >= 4 is 5.91 Å². The number of hydrogen-bond donors (Lipinski definition) is 1. The fraction of sp³-hybridized carbons (Fsp3) is 0.611. The van der Waals surface area contributed by atoms with E-state index in [-0.39, 0.29) is 17.8 Å². The maximum absolute atomic E-state index is 13.2. The zero-order valence-electron chi connectivity index (χ0n) is 14.8. The molecule has 1 aromatic rings. The lowest BCUT2D eigenvalue weighted by atomic mass is 10.1. The van der Waals surface area contributed by atoms with Crippen LogP contribution in [-0.2, 0) is 11.3 Å². The van der Waals surface area contributed by atoms with Crippen LogP contribution in [0, 0.1) is 5.82 Å². The average Bonchev–Trinajstić information content (AvgIpc) is 2.49. The number of carbonyl (C=O) groups is 1. The van der Waals surface area contributed by atoms with E-state index in [0.29, 0.717) is 25.7 Å². The van der Waals surface area contributed by atoms with Gasteiger partial charge in [0.25, 0.3) is 0 Å². The molecule has 134 valence electrons. The first-order chi connectivity index (χ1) is 11.3. The molecule has 6 heteroatoms. The van der Waals surface area contributed by atoms with Crippen LogP contribution in [0.25, 0.3) is 0 Å². The second-order valence-electron chi connectivity index (χ2n) is 6.81. The van der Waals surface area contributed by atoms with Gasteiger partial charge >= 0.3 is 0 Å². The van der Waals surface area contributed by atoms with Crippen molar-refractivity contribution < 1.29 is 14.3 Å². The minimum absolute atomic E-state index is 0.0374. The molecule has 0 spiro atoms. The van der Waals surface area contributed by atoms with Crippen LogP contribution in [0.3, 0.4) is 0 Å². The van der Waals surface area contributed by atoms with Crippen LogP contribution in [0.1, 0.15) is 19.4 Å². The molecule has 1 aliphatic heterocycles. The summed E-state index contributed by atoms with van der Waals surface area (Å²) in [4.78, 5) is 18.4. The van der Waals surface area contributed by atoms with E-state index in [4.69, 9.17) is 0 Å². The molecule has 1 saturated heterocycles. The number of piperazine rings is 1. The topological polar surface area (TPSA) is 47.0 Å². The summed E-state index contributed by atoms with van der Waals surface area (Å²) < 4.78 is 13.2. The van der Waals surface area contributed by atoms with Crippen molar-refractivity contribution in [3.63, 3.8) is 0 Å². The molecule has 0 aliphatic carbocycles. The molecule has 2 atom stereocenters. The molecule has 0 radical (unpaired) electrons. The summed E-state index contributed by atoms with van der Waals surface area (Å²) in [6.07, 6.45) is -0.335. The van der Waals surface area contributed by atoms with Crippen molar-refractivity contribution in [2.75, 3.05) is 39.8 Å². The molecule has 2 rings (SSSR count). The van der Waals surface area contributed by atoms with Gasteiger partial charge in [0.1, 0.15) is 5.82 Å². The zero-order chi connectivity index (χ0) is 17.7. The molecule has 0 unspecified atom stereocenters. The van der Waals surface area contributed by atoms with E-state index in [1.54, 1.807) is 24.9 Å². The normalized spacial score (nSPS) is 20.8. The Kier molecular flexibility index (Phi) is 6.71. The summed E-state index contributed by atoms with van der Waals surface area (Å²) in [5, 5.41) is 9.52. The van der Waals surface area contributed by atoms with Gasteiger partial charge in [0.15, 0.2) is 0 Å². The number of amides is 1. The highest BCUT2D eigenvalue weighted by molar-refractivity contribution is 5.78. The highest BCUT2D eigenvalue weighted by Gasteiger charge is 2.26. The molecular formula is C18H28FN3O2. The first-order valence-electron chi connectivity index (χ1n) is 8.48. The van der Waals surface area contributed by atoms with Gasteiger partial charge in [-0.3, -0.25) is 14.6 Å². The van der Waals surface area contributed by atoms with E-state index in [0.717, 1.165) is 25.2 Å². The van der Waals surface area contributed by atoms with Crippen molar-refractivity contribution in [1.29, 1.82) is 0 Å². The molecule has 0 saturated carbocycles. The third kappa shape index (κ3) is 5.54. The first kappa shape index (κ1) is 18.8. The van der Waals surface area contributed by atoms with Crippen LogP contribution in [0.4, 0.5) is 4.39 Å². The molecule has 5 nitrogen and oxygen atoms in total. The molecular weight excluding hydrogens is 309 g/mol. The number of β-amino-alcohol motifs (C(OH)–C–C–N with tert-alkyl or cyclic N) is 1. The number of aliphatic hydroxyl groups excluding tert-OH is 1. The van der Waals surface area contributed by atoms with Crippen LogP contribution < -0.4 is 0 Å². The lowest BCUT2D eigenvalue weighted by Crippen LogP contribution is -2.55. The monoisotopic (exact) mass is 337 g/mol. The SMILES string of the molecule is C[C@@H]1CN(CC(=O)N(C)Cc2cccc(F)c2)CCN1C[C@@H](C)O. The maximum atomic E-state index is 13.2. The number of aliphatic hydroxyl groups is 1. The van der Waals surface area contributed by atoms with Crippen molar-refractivity contribution in [2.45, 2.75) is 32.5 Å². The number of nitrogens with zero attached hydrogens (tertiary/aromatic N) is 3. The lowest BCUT2D eigenvalue weighted by molar-refractivity contribution is -0.132. The second kappa shape index (κ2) is 8.55. The summed E-state index contributed by atoms with van der Waals surface area (Å²) in [6.45, 7) is 7.85. The Balaban J connectivity index is 1.82. The number of carbonyl (C=O) groups excluding carboxylic acids is 1. The number of benzene rings is 1. The summed E-state index contributed by atoms with van der Waals surface area (Å²) in [6, 6.07) is 6.66. The van der Waals surface area contributed by atoms with E-state index in [9.17, 15) is 14.3 Å². The van der Waals surface area contributed by atoms with Gasteiger partial charge < -0.3 is 10.0 Å². The van der Waals surface area contributed by atoms with E-state index in [2.05, 4.69) is 16.7 Å². The Hall–Kier alpha value is -1.50. The fourth-order valence-electron chi connectivity index (χ4n) is 3.13. The number of likely N-dealkylation sites (N-methyl/N-ethyl adjacent to an activating group) is 1. The summed E-state index contributed by atoms with van der Waals surface area (Å²) in [7, 11) is 1.75. The molecule has 1 fully saturated rings. The van der Waals surface area contributed by atoms with E-state index in [1.165, 1.54) is 12.1 Å². The number of halogens is 1. The smallest absolute Gasteiger partial charge is 0.236 e. The third-order valence-corrected chi connectivity index (χ3v) is 4.44. The van der Waals surface area contributed by atoms with Crippen LogP contribution >= 0.6 is 0 Å². The molecule has 24 heavy (non-hydrogen) atoms. The van der Waals surface area contributed by atoms with E-state index >= 15 is 0 Å². The van der Waals surface area contributed by atoms with Crippen molar-refractivity contribution in [3.05, 3.63) is 35.6 Å². The Morgan fingerprint density at radius 1 is 1.46 bits per heavy atom. The summed E-state index contributed by atoms with van der Waals surface area (Å²) in [5.74, 6) is -0.244. The Labute approximate surface area is 143 Å². The largest absolute Gasteiger partial charge is 0.392 e. The van der Waals surface area contributed by atoms with Gasteiger partial charge in [-0.05, 0) is 31.5 Å². The lowest BCUT2D eigenvalue weighted by Gasteiger charge is -2.40. The molecule has 1 N–H and O–H groups in total. The minimum atomic E-state index is -0.335. The van der Waals surface area contributed by atoms with E-state index in [1.807, 2.05) is 6.07 Å². The van der Waals surface area contributed by atoms with Gasteiger partial charge in [0.05, 0.1) is 12.6 Å². The second-order valence-corrected chi connectivity index (χ2v) is 6.81. The standard InChI is InChI=1S/C18H28FN3O2/c1-14-10-21(7-8-22(14)11-15(2)23)13-18(24)20(3)12-16-5-4-6-17(19)9-16/h4-6,9,14-15,23H,7-8,10-13H2,1-3H3/t14-,15-/m1/s1. The summed E-state index contributed by atoms with van der Waals surface area (Å²) >= 11 is 0. The minimum Gasteiger partial charge on any atom is -0.392 e. The van der Waals surface area contributed by atoms with Crippen molar-refractivity contribution in [2.24, 2.45) is 0 Å². The van der Waals surface area contributed by atoms with Gasteiger partial charge in [0.2, 0.25) is 5.91 Å². The predicted octanol–water partition coefficient (Wildman–Crippen LogP) is 1.17. The zero-order valence-corrected chi connectivity index (χ0v) is 14.8. The quantitative estimate of drug-likeness (QED) is 0.847. The fourth-order valence-corrected chi connectivity index (χ4v) is 3.13. The highest BCUT2D eigenvalue weighted by atomic mass is 19.1. The number of hydrogen-bond acceptors (Lipinski definition) is 4. The van der Waals surface area contributed by atoms with Gasteiger partial charge in [-0.2, -0.15) is 0 Å². The molecule has 1 aromatic carbocycles. The van der Waals surface area contributed by atoms with Crippen LogP contribution in [-0.4, -0.2) is 77.6 Å². The average molecular weight is 337 g/mol. The van der Waals surface area contributed by atoms with Gasteiger partial charge in [-0.15, -0.1) is 0 Å². The van der Waals surface area contributed by atoms with Crippen LogP contribution in [0.5, 0.6) is 0 Å². The van der Waals surface area contributed by atoms with Crippen molar-refractivity contribution in [1.82, 2.24) is 14.7 Å². The van der Waals surface area contributed by atoms with Gasteiger partial charge in [-0.25, -0.2) is 4.39 Å². The third-order valence-electron chi connectivity index (χ3n) is 4.44. The first-order valence-corrected chi connectivity index (χ1v) is 8.48. The Morgan fingerprint density at radius 2 is 2.21 bits per heavy atom. The molecule has 1 aliphatic rings. The molecule has 0 aromatic heterocycles. The molecule has 0 bridgehead atoms. The van der Waals surface area contributed by atoms with Crippen LogP contribution in [0.15, 0.2) is 24.3 Å².